The van der Waals surface area contributed by atoms with E-state index in [1.807, 2.05) is 25.1 Å². The molecule has 2 N–H and O–H groups in total. The van der Waals surface area contributed by atoms with E-state index in [2.05, 4.69) is 31.1 Å². The second-order valence-electron chi connectivity index (χ2n) is 9.26. The van der Waals surface area contributed by atoms with Crippen LogP contribution in [0.5, 0.6) is 0 Å². The maximum atomic E-state index is 12.8. The molecule has 1 aliphatic carbocycles. The number of rotatable bonds is 7. The quantitative estimate of drug-likeness (QED) is 0.516. The molecule has 0 bridgehead atoms. The first-order valence-corrected chi connectivity index (χ1v) is 13.4. The second kappa shape index (κ2) is 9.28. The van der Waals surface area contributed by atoms with Gasteiger partial charge in [0.15, 0.2) is 5.65 Å². The van der Waals surface area contributed by atoms with Crippen LogP contribution in [0.25, 0.3) is 5.65 Å². The maximum Gasteiger partial charge on any atom is 0.249 e. The van der Waals surface area contributed by atoms with Crippen molar-refractivity contribution in [1.29, 1.82) is 5.26 Å². The largest absolute Gasteiger partial charge is 0.356 e. The summed E-state index contributed by atoms with van der Waals surface area (Å²) in [5.41, 5.74) is 2.45. The Balaban J connectivity index is 1.23. The number of nitrogens with one attached hydrogen (secondary N) is 2. The standard InChI is InChI=1S/C24H27N7O3S/c1-16-5-6-18(14-25)19(13-16)15-35(33,34)29-20-9-11-30(12-10-20)22-4-2-3-21-26-24(28-31(21)22)27-23(32)17-7-8-17/h2-6,13,17,20,29H,7-12,15H2,1H3,(H,27,28,32). The number of nitrogens with zero attached hydrogens (tertiary/aromatic N) is 5. The molecular formula is C24H27N7O3S. The lowest BCUT2D eigenvalue weighted by Gasteiger charge is -2.33. The van der Waals surface area contributed by atoms with Crippen molar-refractivity contribution in [3.63, 3.8) is 0 Å². The summed E-state index contributed by atoms with van der Waals surface area (Å²) in [6.45, 7) is 3.16. The van der Waals surface area contributed by atoms with Gasteiger partial charge in [-0.05, 0) is 56.4 Å². The fraction of sp³-hybridized carbons (Fsp3) is 0.417. The summed E-state index contributed by atoms with van der Waals surface area (Å²) in [4.78, 5) is 18.6. The Bertz CT molecular complexity index is 1410. The molecule has 3 aromatic rings. The molecule has 35 heavy (non-hydrogen) atoms. The zero-order valence-electron chi connectivity index (χ0n) is 19.4. The van der Waals surface area contributed by atoms with Gasteiger partial charge in [0, 0.05) is 25.0 Å². The molecule has 0 radical (unpaired) electrons. The van der Waals surface area contributed by atoms with Gasteiger partial charge in [0.25, 0.3) is 0 Å². The molecule has 2 aliphatic rings. The summed E-state index contributed by atoms with van der Waals surface area (Å²) in [6.07, 6.45) is 3.09. The van der Waals surface area contributed by atoms with Gasteiger partial charge >= 0.3 is 0 Å². The van der Waals surface area contributed by atoms with Crippen molar-refractivity contribution in [1.82, 2.24) is 19.3 Å². The Morgan fingerprint density at radius 3 is 2.66 bits per heavy atom. The number of fused-ring (bicyclic) bond motifs is 1. The number of hydrogen-bond acceptors (Lipinski definition) is 7. The Hall–Kier alpha value is -3.49. The van der Waals surface area contributed by atoms with Gasteiger partial charge in [-0.25, -0.2) is 13.1 Å². The van der Waals surface area contributed by atoms with E-state index in [1.54, 1.807) is 22.7 Å². The molecule has 0 atom stereocenters. The van der Waals surface area contributed by atoms with Crippen LogP contribution in [0.1, 0.15) is 42.4 Å². The van der Waals surface area contributed by atoms with Crippen molar-refractivity contribution >= 4 is 33.3 Å². The smallest absolute Gasteiger partial charge is 0.249 e. The Morgan fingerprint density at radius 2 is 1.94 bits per heavy atom. The molecule has 0 spiro atoms. The fourth-order valence-corrected chi connectivity index (χ4v) is 5.89. The van der Waals surface area contributed by atoms with Gasteiger partial charge in [0.05, 0.1) is 17.4 Å². The lowest BCUT2D eigenvalue weighted by atomic mass is 10.1. The van der Waals surface area contributed by atoms with Crippen molar-refractivity contribution in [2.75, 3.05) is 23.3 Å². The molecule has 1 saturated carbocycles. The molecule has 2 fully saturated rings. The van der Waals surface area contributed by atoms with Crippen LogP contribution in [0.15, 0.2) is 36.4 Å². The molecule has 1 aliphatic heterocycles. The number of anilines is 2. The van der Waals surface area contributed by atoms with Crippen molar-refractivity contribution < 1.29 is 13.2 Å². The van der Waals surface area contributed by atoms with Crippen molar-refractivity contribution in [2.24, 2.45) is 5.92 Å². The SMILES string of the molecule is Cc1ccc(C#N)c(CS(=O)(=O)NC2CCN(c3cccc4nc(NC(=O)C5CC5)nn34)CC2)c1. The molecule has 11 heteroatoms. The van der Waals surface area contributed by atoms with Crippen LogP contribution in [0.4, 0.5) is 11.8 Å². The monoisotopic (exact) mass is 493 g/mol. The van der Waals surface area contributed by atoms with Gasteiger partial charge in [-0.3, -0.25) is 10.1 Å². The minimum atomic E-state index is -3.60. The summed E-state index contributed by atoms with van der Waals surface area (Å²) in [5, 5.41) is 16.6. The number of pyridine rings is 1. The number of amides is 1. The molecule has 3 heterocycles. The highest BCUT2D eigenvalue weighted by molar-refractivity contribution is 7.88. The number of aryl methyl sites for hydroxylation is 1. The highest BCUT2D eigenvalue weighted by atomic mass is 32.2. The Labute approximate surface area is 204 Å². The summed E-state index contributed by atoms with van der Waals surface area (Å²) in [7, 11) is -3.60. The molecule has 5 rings (SSSR count). The van der Waals surface area contributed by atoms with E-state index in [0.717, 1.165) is 24.2 Å². The third kappa shape index (κ3) is 5.28. The highest BCUT2D eigenvalue weighted by Gasteiger charge is 2.31. The van der Waals surface area contributed by atoms with Crippen molar-refractivity contribution in [2.45, 2.75) is 44.4 Å². The van der Waals surface area contributed by atoms with E-state index < -0.39 is 10.0 Å². The van der Waals surface area contributed by atoms with Gasteiger partial charge in [0.2, 0.25) is 21.9 Å². The summed E-state index contributed by atoms with van der Waals surface area (Å²) >= 11 is 0. The lowest BCUT2D eigenvalue weighted by Crippen LogP contribution is -2.45. The maximum absolute atomic E-state index is 12.8. The Morgan fingerprint density at radius 1 is 1.17 bits per heavy atom. The third-order valence-electron chi connectivity index (χ3n) is 6.41. The van der Waals surface area contributed by atoms with Crippen LogP contribution < -0.4 is 14.9 Å². The first kappa shape index (κ1) is 23.3. The van der Waals surface area contributed by atoms with Crippen LogP contribution in [-0.2, 0) is 20.6 Å². The normalized spacial score (nSPS) is 16.9. The average molecular weight is 494 g/mol. The topological polar surface area (TPSA) is 132 Å². The predicted molar refractivity (Wildman–Crippen MR) is 131 cm³/mol. The average Bonchev–Trinajstić information content (AvgIpc) is 3.59. The van der Waals surface area contributed by atoms with Gasteiger partial charge in [-0.1, -0.05) is 23.8 Å². The first-order chi connectivity index (χ1) is 16.8. The number of piperidine rings is 1. The number of sulfonamides is 1. The zero-order chi connectivity index (χ0) is 24.6. The zero-order valence-corrected chi connectivity index (χ0v) is 20.3. The molecule has 10 nitrogen and oxygen atoms in total. The molecule has 1 aromatic carbocycles. The predicted octanol–water partition coefficient (Wildman–Crippen LogP) is 2.35. The van der Waals surface area contributed by atoms with E-state index in [0.29, 0.717) is 48.7 Å². The minimum Gasteiger partial charge on any atom is -0.356 e. The van der Waals surface area contributed by atoms with Gasteiger partial charge in [-0.2, -0.15) is 14.8 Å². The van der Waals surface area contributed by atoms with E-state index >= 15 is 0 Å². The summed E-state index contributed by atoms with van der Waals surface area (Å²) in [5.74, 6) is 0.960. The molecule has 182 valence electrons. The molecular weight excluding hydrogens is 466 g/mol. The van der Waals surface area contributed by atoms with Crippen LogP contribution in [0, 0.1) is 24.2 Å². The van der Waals surface area contributed by atoms with Crippen LogP contribution in [-0.4, -0.2) is 48.1 Å². The first-order valence-electron chi connectivity index (χ1n) is 11.7. The van der Waals surface area contributed by atoms with Crippen LogP contribution in [0.3, 0.4) is 0 Å². The Kier molecular flexibility index (Phi) is 6.17. The molecule has 1 saturated heterocycles. The van der Waals surface area contributed by atoms with Crippen LogP contribution >= 0.6 is 0 Å². The number of benzene rings is 1. The summed E-state index contributed by atoms with van der Waals surface area (Å²) in [6, 6.07) is 12.8. The van der Waals surface area contributed by atoms with Gasteiger partial charge in [0.1, 0.15) is 5.82 Å². The third-order valence-corrected chi connectivity index (χ3v) is 7.80. The molecule has 2 aromatic heterocycles. The van der Waals surface area contributed by atoms with E-state index in [1.165, 1.54) is 0 Å². The number of nitriles is 1. The lowest BCUT2D eigenvalue weighted by molar-refractivity contribution is -0.117. The van der Waals surface area contributed by atoms with E-state index in [9.17, 15) is 18.5 Å². The number of aromatic nitrogens is 3. The van der Waals surface area contributed by atoms with Crippen molar-refractivity contribution in [3.05, 3.63) is 53.1 Å². The van der Waals surface area contributed by atoms with Gasteiger partial charge < -0.3 is 4.90 Å². The number of hydrogen-bond donors (Lipinski definition) is 2. The van der Waals surface area contributed by atoms with Crippen LogP contribution in [0.2, 0.25) is 0 Å². The van der Waals surface area contributed by atoms with E-state index in [4.69, 9.17) is 0 Å². The molecule has 1 amide bonds. The van der Waals surface area contributed by atoms with Gasteiger partial charge in [-0.15, -0.1) is 5.10 Å². The minimum absolute atomic E-state index is 0.0388. The van der Waals surface area contributed by atoms with Crippen molar-refractivity contribution in [3.8, 4) is 6.07 Å². The molecule has 0 unspecified atom stereocenters. The highest BCUT2D eigenvalue weighted by Crippen LogP contribution is 2.30. The summed E-state index contributed by atoms with van der Waals surface area (Å²) < 4.78 is 30.2. The number of carbonyl (C=O) groups excluding carboxylic acids is 1. The second-order valence-corrected chi connectivity index (χ2v) is 11.0. The number of carbonyl (C=O) groups is 1. The van der Waals surface area contributed by atoms with E-state index in [-0.39, 0.29) is 23.6 Å². The fourth-order valence-electron chi connectivity index (χ4n) is 4.42.